The van der Waals surface area contributed by atoms with E-state index in [1.54, 1.807) is 0 Å². The van der Waals surface area contributed by atoms with Crippen LogP contribution in [-0.2, 0) is 10.1 Å². The zero-order valence-corrected chi connectivity index (χ0v) is 10.1. The smallest absolute Gasteiger partial charge is 0.743 e. The van der Waals surface area contributed by atoms with Crippen LogP contribution in [0.25, 0.3) is 0 Å². The van der Waals surface area contributed by atoms with Gasteiger partial charge < -0.3 is 4.55 Å². The van der Waals surface area contributed by atoms with Gasteiger partial charge in [-0.2, -0.15) is 48.3 Å². The summed E-state index contributed by atoms with van der Waals surface area (Å²) in [6, 6.07) is 0. The van der Waals surface area contributed by atoms with E-state index in [0.29, 0.717) is 0 Å². The van der Waals surface area contributed by atoms with Crippen LogP contribution in [0.1, 0.15) is 0 Å². The van der Waals surface area contributed by atoms with Gasteiger partial charge in [0.2, 0.25) is 0 Å². The summed E-state index contributed by atoms with van der Waals surface area (Å²) in [4.78, 5) is 0. The van der Waals surface area contributed by atoms with Crippen LogP contribution in [0.15, 0.2) is 0 Å². The average Bonchev–Trinajstić information content (AvgIpc) is 2.12. The number of alkyl halides is 11. The molecule has 0 saturated carbocycles. The Morgan fingerprint density at radius 1 is 0.619 bits per heavy atom. The Kier molecular flexibility index (Phi) is 5.95. The average molecular weight is 356 g/mol. The van der Waals surface area contributed by atoms with Gasteiger partial charge in [-0.05, 0) is 0 Å². The van der Waals surface area contributed by atoms with Gasteiger partial charge in [0.15, 0.2) is 10.1 Å². The van der Waals surface area contributed by atoms with Crippen LogP contribution in [0.5, 0.6) is 0 Å². The molecule has 0 spiro atoms. The van der Waals surface area contributed by atoms with Crippen molar-refractivity contribution in [3.63, 3.8) is 0 Å². The molecule has 16 heteroatoms. The Morgan fingerprint density at radius 3 is 1.10 bits per heavy atom. The fourth-order valence-corrected chi connectivity index (χ4v) is 1.16. The number of halogens is 11. The maximum atomic E-state index is 12.4. The molecule has 3 nitrogen and oxygen atoms in total. The fraction of sp³-hybridized carbons (Fsp3) is 1.00. The molecule has 0 atom stereocenters. The minimum absolute atomic E-state index is 0. The molecule has 0 aliphatic rings. The summed E-state index contributed by atoms with van der Waals surface area (Å²) in [7, 11) is -7.66. The van der Waals surface area contributed by atoms with E-state index in [0.717, 1.165) is 0 Å². The van der Waals surface area contributed by atoms with Gasteiger partial charge in [-0.25, -0.2) is 8.42 Å². The molecule has 0 unspecified atom stereocenters. The van der Waals surface area contributed by atoms with Crippen molar-refractivity contribution in [3.8, 4) is 0 Å². The number of hydrogen-bond donors (Lipinski definition) is 0. The zero-order valence-electron chi connectivity index (χ0n) is 9.29. The van der Waals surface area contributed by atoms with E-state index in [1.807, 2.05) is 0 Å². The van der Waals surface area contributed by atoms with Crippen LogP contribution >= 0.6 is 0 Å². The van der Waals surface area contributed by atoms with Crippen LogP contribution in [0.3, 0.4) is 0 Å². The van der Waals surface area contributed by atoms with Gasteiger partial charge >= 0.3 is 48.1 Å². The summed E-state index contributed by atoms with van der Waals surface area (Å²) in [6.07, 6.45) is -7.41. The third-order valence-corrected chi connectivity index (χ3v) is 2.71. The van der Waals surface area contributed by atoms with E-state index in [1.165, 1.54) is 0 Å². The Bertz CT molecular complexity index is 481. The number of rotatable bonds is 4. The van der Waals surface area contributed by atoms with Gasteiger partial charge in [0.1, 0.15) is 0 Å². The van der Waals surface area contributed by atoms with E-state index >= 15 is 0 Å². The van der Waals surface area contributed by atoms with Gasteiger partial charge in [0.05, 0.1) is 0 Å². The monoisotopic (exact) mass is 356 g/mol. The molecule has 0 aromatic carbocycles. The molecule has 0 bridgehead atoms. The molecule has 0 aliphatic heterocycles. The molecule has 0 N–H and O–H groups in total. The third-order valence-electron chi connectivity index (χ3n) is 1.82. The largest absolute Gasteiger partial charge is 1.00 e. The molecule has 0 aromatic rings. The molecular weight excluding hydrogens is 356 g/mol. The maximum Gasteiger partial charge on any atom is 1.00 e. The van der Waals surface area contributed by atoms with E-state index in [4.69, 9.17) is 0 Å². The standard InChI is InChI=1S/C5HF11O3S.Li/c6-1(7,2(8,9)4(12,13)14)3(10,11)5(15,16)20(17,18)19;/h(H,17,18,19);/q;+1/p-1. The quantitative estimate of drug-likeness (QED) is 0.391. The topological polar surface area (TPSA) is 57.2 Å². The number of hydrogen-bond acceptors (Lipinski definition) is 3. The van der Waals surface area contributed by atoms with Crippen LogP contribution in [0.2, 0.25) is 0 Å². The Labute approximate surface area is 120 Å². The Hall–Kier alpha value is -0.263. The molecule has 0 heterocycles. The van der Waals surface area contributed by atoms with Crippen molar-refractivity contribution in [1.82, 2.24) is 0 Å². The molecular formula is C5F11LiO3S. The summed E-state index contributed by atoms with van der Waals surface area (Å²) in [5, 5.41) is -7.40. The summed E-state index contributed by atoms with van der Waals surface area (Å²) < 4.78 is 162. The van der Waals surface area contributed by atoms with Crippen LogP contribution < -0.4 is 18.9 Å². The first-order chi connectivity index (χ1) is 8.25. The molecule has 0 rings (SSSR count). The van der Waals surface area contributed by atoms with E-state index in [9.17, 15) is 61.3 Å². The van der Waals surface area contributed by atoms with Crippen LogP contribution in [0.4, 0.5) is 48.3 Å². The minimum Gasteiger partial charge on any atom is -0.743 e. The molecule has 0 saturated heterocycles. The van der Waals surface area contributed by atoms with Crippen LogP contribution in [-0.4, -0.2) is 42.2 Å². The van der Waals surface area contributed by atoms with Crippen molar-refractivity contribution in [2.75, 3.05) is 0 Å². The van der Waals surface area contributed by atoms with Crippen molar-refractivity contribution < 1.29 is 80.1 Å². The first-order valence-corrected chi connectivity index (χ1v) is 5.19. The van der Waals surface area contributed by atoms with Crippen molar-refractivity contribution in [3.05, 3.63) is 0 Å². The van der Waals surface area contributed by atoms with Crippen LogP contribution in [0, 0.1) is 0 Å². The summed E-state index contributed by atoms with van der Waals surface area (Å²) >= 11 is 0. The van der Waals surface area contributed by atoms with Gasteiger partial charge in [-0.15, -0.1) is 0 Å². The molecule has 0 aliphatic carbocycles. The second kappa shape index (κ2) is 5.43. The normalized spacial score (nSPS) is 15.6. The molecule has 0 radical (unpaired) electrons. The van der Waals surface area contributed by atoms with Crippen molar-refractivity contribution in [1.29, 1.82) is 0 Å². The molecule has 0 fully saturated rings. The Balaban J connectivity index is 0. The van der Waals surface area contributed by atoms with E-state index in [2.05, 4.69) is 0 Å². The van der Waals surface area contributed by atoms with E-state index in [-0.39, 0.29) is 18.9 Å². The molecule has 0 aromatic heterocycles. The second-order valence-corrected chi connectivity index (χ2v) is 4.61. The van der Waals surface area contributed by atoms with Crippen molar-refractivity contribution >= 4 is 10.1 Å². The second-order valence-electron chi connectivity index (χ2n) is 3.19. The first-order valence-electron chi connectivity index (χ1n) is 3.78. The summed E-state index contributed by atoms with van der Waals surface area (Å²) in [5.41, 5.74) is 0. The van der Waals surface area contributed by atoms with Gasteiger partial charge in [-0.3, -0.25) is 0 Å². The third kappa shape index (κ3) is 3.10. The predicted octanol–water partition coefficient (Wildman–Crippen LogP) is -0.403. The van der Waals surface area contributed by atoms with Crippen molar-refractivity contribution in [2.45, 2.75) is 29.2 Å². The maximum absolute atomic E-state index is 12.4. The van der Waals surface area contributed by atoms with Gasteiger partial charge in [0.25, 0.3) is 0 Å². The molecule has 0 amide bonds. The molecule has 122 valence electrons. The van der Waals surface area contributed by atoms with Crippen molar-refractivity contribution in [2.24, 2.45) is 0 Å². The predicted molar refractivity (Wildman–Crippen MR) is 35.5 cm³/mol. The van der Waals surface area contributed by atoms with E-state index < -0.39 is 39.3 Å². The molecule has 21 heavy (non-hydrogen) atoms. The SMILES string of the molecule is O=S(=O)([O-])C(F)(F)C(F)(F)C(F)(F)C(F)(F)C(F)(F)F.[Li+]. The van der Waals surface area contributed by atoms with Gasteiger partial charge in [0, 0.05) is 0 Å². The summed E-state index contributed by atoms with van der Waals surface area (Å²) in [5.74, 6) is -23.4. The van der Waals surface area contributed by atoms with Gasteiger partial charge in [-0.1, -0.05) is 0 Å². The Morgan fingerprint density at radius 2 is 0.905 bits per heavy atom. The summed E-state index contributed by atoms with van der Waals surface area (Å²) in [6.45, 7) is 0. The fourth-order valence-electron chi connectivity index (χ4n) is 0.715. The first kappa shape index (κ1) is 23.0. The zero-order chi connectivity index (χ0) is 17.0. The minimum atomic E-state index is -7.90.